The van der Waals surface area contributed by atoms with Crippen LogP contribution < -0.4 is 9.47 Å². The minimum absolute atomic E-state index is 0.0316. The van der Waals surface area contributed by atoms with E-state index in [1.54, 1.807) is 6.07 Å². The van der Waals surface area contributed by atoms with Crippen molar-refractivity contribution in [3.8, 4) is 11.6 Å². The van der Waals surface area contributed by atoms with E-state index in [4.69, 9.17) is 18.7 Å². The Bertz CT molecular complexity index is 1060. The van der Waals surface area contributed by atoms with Gasteiger partial charge in [-0.3, -0.25) is 4.79 Å². The maximum atomic E-state index is 12.6. The van der Waals surface area contributed by atoms with E-state index < -0.39 is 24.2 Å². The number of aliphatic carboxylic acids is 1. The number of hydrogen-bond acceptors (Lipinski definition) is 7. The van der Waals surface area contributed by atoms with Gasteiger partial charge in [0, 0.05) is 26.3 Å². The first-order valence-electron chi connectivity index (χ1n) is 10.4. The lowest BCUT2D eigenvalue weighted by Crippen LogP contribution is -2.45. The highest BCUT2D eigenvalue weighted by Crippen LogP contribution is 2.35. The predicted octanol–water partition coefficient (Wildman–Crippen LogP) is 3.78. The number of carboxylic acids is 1. The lowest BCUT2D eigenvalue weighted by Gasteiger charge is -2.37. The highest BCUT2D eigenvalue weighted by molar-refractivity contribution is 5.88. The third kappa shape index (κ3) is 5.41. The first-order valence-corrected chi connectivity index (χ1v) is 10.4. The Balaban J connectivity index is 1.38. The number of carbonyl (C=O) groups is 1. The molecule has 178 valence electrons. The van der Waals surface area contributed by atoms with Crippen LogP contribution in [0.3, 0.4) is 0 Å². The Kier molecular flexibility index (Phi) is 6.50. The predicted molar refractivity (Wildman–Crippen MR) is 110 cm³/mol. The van der Waals surface area contributed by atoms with Crippen LogP contribution in [0.5, 0.6) is 11.6 Å². The lowest BCUT2D eigenvalue weighted by atomic mass is 9.79. The molecule has 1 saturated heterocycles. The van der Waals surface area contributed by atoms with E-state index in [9.17, 15) is 23.1 Å². The van der Waals surface area contributed by atoms with Crippen LogP contribution in [0.2, 0.25) is 0 Å². The third-order valence-electron chi connectivity index (χ3n) is 5.69. The number of rotatable bonds is 8. The number of hydrogen-bond donors (Lipinski definition) is 1. The molecule has 1 fully saturated rings. The molecule has 2 aliphatic rings. The quantitative estimate of drug-likeness (QED) is 0.626. The number of carboxylic acid groups (broad SMARTS) is 1. The standard InChI is InChI=1S/C22H23F3N2O6/c23-22(24,25)14-32-16-2-1-3-17-18(16)19(26-33-17)31-12-15-4-8-27(9-5-15)13-21(20(28)29)6-10-30-11-7-21/h1-5,8H,6-7,9-14H2,(H,28,29). The van der Waals surface area contributed by atoms with Crippen LogP contribution in [0.1, 0.15) is 12.8 Å². The maximum Gasteiger partial charge on any atom is 0.422 e. The van der Waals surface area contributed by atoms with Crippen molar-refractivity contribution in [3.63, 3.8) is 0 Å². The van der Waals surface area contributed by atoms with Gasteiger partial charge in [0.1, 0.15) is 17.7 Å². The van der Waals surface area contributed by atoms with Gasteiger partial charge in [-0.1, -0.05) is 12.1 Å². The first kappa shape index (κ1) is 23.0. The zero-order valence-corrected chi connectivity index (χ0v) is 17.6. The Morgan fingerprint density at radius 2 is 2.03 bits per heavy atom. The number of aromatic nitrogens is 1. The van der Waals surface area contributed by atoms with Crippen molar-refractivity contribution in [2.24, 2.45) is 5.41 Å². The second-order valence-corrected chi connectivity index (χ2v) is 8.03. The second kappa shape index (κ2) is 9.34. The van der Waals surface area contributed by atoms with Gasteiger partial charge in [-0.2, -0.15) is 13.2 Å². The van der Waals surface area contributed by atoms with Crippen LogP contribution >= 0.6 is 0 Å². The summed E-state index contributed by atoms with van der Waals surface area (Å²) in [5.41, 5.74) is 0.226. The zero-order valence-electron chi connectivity index (χ0n) is 17.6. The molecule has 11 heteroatoms. The fourth-order valence-electron chi connectivity index (χ4n) is 3.84. The summed E-state index contributed by atoms with van der Waals surface area (Å²) >= 11 is 0. The van der Waals surface area contributed by atoms with E-state index in [0.29, 0.717) is 39.1 Å². The maximum absolute atomic E-state index is 12.6. The molecule has 0 bridgehead atoms. The summed E-state index contributed by atoms with van der Waals surface area (Å²) in [6, 6.07) is 4.46. The normalized spacial score (nSPS) is 18.3. The van der Waals surface area contributed by atoms with Crippen LogP contribution in [-0.2, 0) is 9.53 Å². The molecule has 0 saturated carbocycles. The number of fused-ring (bicyclic) bond motifs is 1. The molecule has 2 aliphatic heterocycles. The molecule has 0 radical (unpaired) electrons. The SMILES string of the molecule is O=C(O)C1(CN2C=CC(COc3noc4cccc(OCC(F)(F)F)c34)=CC2)CCOCC1. The molecule has 8 nitrogen and oxygen atoms in total. The second-order valence-electron chi connectivity index (χ2n) is 8.03. The van der Waals surface area contributed by atoms with E-state index in [1.165, 1.54) is 12.1 Å². The highest BCUT2D eigenvalue weighted by atomic mass is 19.4. The Morgan fingerprint density at radius 3 is 2.70 bits per heavy atom. The summed E-state index contributed by atoms with van der Waals surface area (Å²) in [7, 11) is 0. The summed E-state index contributed by atoms with van der Waals surface area (Å²) in [5.74, 6) is -0.818. The monoisotopic (exact) mass is 468 g/mol. The van der Waals surface area contributed by atoms with E-state index in [2.05, 4.69) is 5.16 Å². The largest absolute Gasteiger partial charge is 0.483 e. The van der Waals surface area contributed by atoms with E-state index >= 15 is 0 Å². The smallest absolute Gasteiger partial charge is 0.422 e. The van der Waals surface area contributed by atoms with Crippen LogP contribution in [0, 0.1) is 5.41 Å². The molecule has 33 heavy (non-hydrogen) atoms. The number of ether oxygens (including phenoxy) is 3. The van der Waals surface area contributed by atoms with Crippen molar-refractivity contribution >= 4 is 16.9 Å². The fourth-order valence-corrected chi connectivity index (χ4v) is 3.84. The third-order valence-corrected chi connectivity index (χ3v) is 5.69. The first-order chi connectivity index (χ1) is 15.8. The number of benzene rings is 1. The number of alkyl halides is 3. The zero-order chi connectivity index (χ0) is 23.5. The van der Waals surface area contributed by atoms with Crippen molar-refractivity contribution in [1.82, 2.24) is 10.1 Å². The molecule has 0 spiro atoms. The Morgan fingerprint density at radius 1 is 1.24 bits per heavy atom. The number of halogens is 3. The van der Waals surface area contributed by atoms with Crippen molar-refractivity contribution < 1.29 is 41.8 Å². The van der Waals surface area contributed by atoms with Crippen molar-refractivity contribution in [2.45, 2.75) is 19.0 Å². The molecule has 0 atom stereocenters. The molecule has 2 aromatic rings. The molecule has 4 rings (SSSR count). The van der Waals surface area contributed by atoms with Crippen LogP contribution in [0.4, 0.5) is 13.2 Å². The van der Waals surface area contributed by atoms with Gasteiger partial charge in [0.15, 0.2) is 12.2 Å². The molecule has 1 aromatic heterocycles. The van der Waals surface area contributed by atoms with Crippen LogP contribution in [-0.4, -0.2) is 66.8 Å². The average Bonchev–Trinajstić information content (AvgIpc) is 3.21. The molecule has 3 heterocycles. The molecule has 0 aliphatic carbocycles. The van der Waals surface area contributed by atoms with E-state index in [1.807, 2.05) is 23.3 Å². The summed E-state index contributed by atoms with van der Waals surface area (Å²) < 4.78 is 58.7. The summed E-state index contributed by atoms with van der Waals surface area (Å²) in [5, 5.41) is 13.8. The van der Waals surface area contributed by atoms with Gasteiger partial charge in [-0.25, -0.2) is 0 Å². The minimum atomic E-state index is -4.48. The highest BCUT2D eigenvalue weighted by Gasteiger charge is 2.41. The summed E-state index contributed by atoms with van der Waals surface area (Å²) in [6.07, 6.45) is 1.97. The summed E-state index contributed by atoms with van der Waals surface area (Å²) in [6.45, 7) is 0.408. The van der Waals surface area contributed by atoms with Crippen LogP contribution in [0.25, 0.3) is 11.0 Å². The minimum Gasteiger partial charge on any atom is -0.483 e. The molecular formula is C22H23F3N2O6. The van der Waals surface area contributed by atoms with Crippen molar-refractivity contribution in [1.29, 1.82) is 0 Å². The molecule has 1 aromatic carbocycles. The van der Waals surface area contributed by atoms with Crippen LogP contribution in [0.15, 0.2) is 46.6 Å². The van der Waals surface area contributed by atoms with Crippen molar-refractivity contribution in [2.75, 3.05) is 39.5 Å². The Hall–Kier alpha value is -3.21. The van der Waals surface area contributed by atoms with Gasteiger partial charge in [-0.15, -0.1) is 0 Å². The fraction of sp³-hybridized carbons (Fsp3) is 0.455. The molecule has 0 amide bonds. The molecular weight excluding hydrogens is 445 g/mol. The number of nitrogens with zero attached hydrogens (tertiary/aromatic N) is 2. The van der Waals surface area contributed by atoms with Gasteiger partial charge >= 0.3 is 12.1 Å². The Labute approximate surface area is 187 Å². The molecule has 1 N–H and O–H groups in total. The van der Waals surface area contributed by atoms with Gasteiger partial charge in [0.2, 0.25) is 0 Å². The van der Waals surface area contributed by atoms with Gasteiger partial charge in [-0.05, 0) is 48.0 Å². The topological polar surface area (TPSA) is 94.3 Å². The van der Waals surface area contributed by atoms with Crippen molar-refractivity contribution in [3.05, 3.63) is 42.1 Å². The van der Waals surface area contributed by atoms with E-state index in [-0.39, 0.29) is 29.2 Å². The average molecular weight is 468 g/mol. The summed E-state index contributed by atoms with van der Waals surface area (Å²) in [4.78, 5) is 13.8. The van der Waals surface area contributed by atoms with E-state index in [0.717, 1.165) is 5.57 Å². The van der Waals surface area contributed by atoms with Gasteiger partial charge in [0.05, 0.1) is 5.41 Å². The lowest BCUT2D eigenvalue weighted by molar-refractivity contribution is -0.156. The van der Waals surface area contributed by atoms with Gasteiger partial charge < -0.3 is 28.7 Å². The molecule has 0 unspecified atom stereocenters. The van der Waals surface area contributed by atoms with Gasteiger partial charge in [0.25, 0.3) is 5.88 Å².